The fraction of sp³-hybridized carbons (Fsp3) is 0.385. The highest BCUT2D eigenvalue weighted by atomic mass is 35.5. The summed E-state index contributed by atoms with van der Waals surface area (Å²) in [6, 6.07) is 4.70. The van der Waals surface area contributed by atoms with Crippen LogP contribution in [0.15, 0.2) is 18.2 Å². The van der Waals surface area contributed by atoms with E-state index in [0.717, 1.165) is 0 Å². The van der Waals surface area contributed by atoms with Crippen LogP contribution in [0.1, 0.15) is 0 Å². The fourth-order valence-corrected chi connectivity index (χ4v) is 1.88. The number of hydrogen-bond acceptors (Lipinski definition) is 4. The second-order valence-corrected chi connectivity index (χ2v) is 5.19. The second-order valence-electron chi connectivity index (χ2n) is 3.97. The summed E-state index contributed by atoms with van der Waals surface area (Å²) in [6.07, 6.45) is -0.584. The zero-order valence-corrected chi connectivity index (χ0v) is 13.8. The first-order chi connectivity index (χ1) is 10.5. The van der Waals surface area contributed by atoms with E-state index in [0.29, 0.717) is 15.8 Å². The number of alkyl carbamates (subject to hydrolysis) is 1. The highest BCUT2D eigenvalue weighted by molar-refractivity contribution is 6.35. The van der Waals surface area contributed by atoms with Crippen LogP contribution in [0.3, 0.4) is 0 Å². The van der Waals surface area contributed by atoms with Crippen LogP contribution in [-0.4, -0.2) is 44.2 Å². The maximum absolute atomic E-state index is 11.5. The minimum Gasteiger partial charge on any atom is -0.482 e. The van der Waals surface area contributed by atoms with E-state index in [-0.39, 0.29) is 38.1 Å². The van der Waals surface area contributed by atoms with Gasteiger partial charge in [-0.15, -0.1) is 11.6 Å². The van der Waals surface area contributed by atoms with Crippen molar-refractivity contribution in [1.82, 2.24) is 10.6 Å². The van der Waals surface area contributed by atoms with E-state index < -0.39 is 6.09 Å². The van der Waals surface area contributed by atoms with E-state index in [1.807, 2.05) is 0 Å². The van der Waals surface area contributed by atoms with Crippen LogP contribution in [0.5, 0.6) is 5.75 Å². The lowest BCUT2D eigenvalue weighted by Gasteiger charge is -2.09. The third-order valence-corrected chi connectivity index (χ3v) is 2.96. The molecule has 0 spiro atoms. The standard InChI is InChI=1S/C13H15Cl3N2O4/c14-3-6-21-13(20)18-5-4-17-12(19)8-22-11-2-1-9(15)7-10(11)16/h1-2,7H,3-6,8H2,(H,17,19)(H,18,20). The number of alkyl halides is 1. The van der Waals surface area contributed by atoms with Crippen LogP contribution in [0.25, 0.3) is 0 Å². The van der Waals surface area contributed by atoms with Gasteiger partial charge in [-0.25, -0.2) is 4.79 Å². The first-order valence-corrected chi connectivity index (χ1v) is 7.63. The van der Waals surface area contributed by atoms with Crippen LogP contribution >= 0.6 is 34.8 Å². The van der Waals surface area contributed by atoms with Gasteiger partial charge in [0.2, 0.25) is 0 Å². The smallest absolute Gasteiger partial charge is 0.407 e. The molecule has 0 heterocycles. The maximum Gasteiger partial charge on any atom is 0.407 e. The molecule has 2 N–H and O–H groups in total. The molecule has 1 aromatic carbocycles. The van der Waals surface area contributed by atoms with Crippen LogP contribution in [0.4, 0.5) is 4.79 Å². The molecule has 1 aromatic rings. The monoisotopic (exact) mass is 368 g/mol. The molecule has 0 saturated heterocycles. The van der Waals surface area contributed by atoms with E-state index >= 15 is 0 Å². The normalized spacial score (nSPS) is 9.95. The van der Waals surface area contributed by atoms with Gasteiger partial charge in [0.15, 0.2) is 6.61 Å². The number of halogens is 3. The van der Waals surface area contributed by atoms with Crippen molar-refractivity contribution < 1.29 is 19.1 Å². The largest absolute Gasteiger partial charge is 0.482 e. The molecule has 0 aliphatic carbocycles. The van der Waals surface area contributed by atoms with E-state index in [1.54, 1.807) is 12.1 Å². The first kappa shape index (κ1) is 18.7. The Morgan fingerprint density at radius 3 is 2.55 bits per heavy atom. The summed E-state index contributed by atoms with van der Waals surface area (Å²) in [5, 5.41) is 5.82. The number of benzene rings is 1. The average molecular weight is 370 g/mol. The minimum absolute atomic E-state index is 0.134. The zero-order valence-electron chi connectivity index (χ0n) is 11.5. The number of amides is 2. The van der Waals surface area contributed by atoms with Crippen molar-refractivity contribution in [1.29, 1.82) is 0 Å². The third-order valence-electron chi connectivity index (χ3n) is 2.28. The zero-order chi connectivity index (χ0) is 16.4. The van der Waals surface area contributed by atoms with Crippen molar-refractivity contribution in [2.45, 2.75) is 0 Å². The Balaban J connectivity index is 2.17. The Kier molecular flexibility index (Phi) is 8.81. The van der Waals surface area contributed by atoms with E-state index in [9.17, 15) is 9.59 Å². The van der Waals surface area contributed by atoms with E-state index in [2.05, 4.69) is 15.4 Å². The van der Waals surface area contributed by atoms with E-state index in [1.165, 1.54) is 6.07 Å². The highest BCUT2D eigenvalue weighted by Gasteiger charge is 2.06. The SMILES string of the molecule is O=C(COc1ccc(Cl)cc1Cl)NCCNC(=O)OCCCl. The molecule has 0 aromatic heterocycles. The Morgan fingerprint density at radius 2 is 1.86 bits per heavy atom. The molecule has 1 rings (SSSR count). The molecular weight excluding hydrogens is 355 g/mol. The number of carbonyl (C=O) groups is 2. The molecule has 0 saturated carbocycles. The quantitative estimate of drug-likeness (QED) is 0.545. The van der Waals surface area contributed by atoms with Crippen molar-refractivity contribution in [3.05, 3.63) is 28.2 Å². The van der Waals surface area contributed by atoms with Gasteiger partial charge in [-0.3, -0.25) is 4.79 Å². The lowest BCUT2D eigenvalue weighted by Crippen LogP contribution is -2.37. The fourth-order valence-electron chi connectivity index (χ4n) is 1.34. The van der Waals surface area contributed by atoms with Gasteiger partial charge in [-0.05, 0) is 18.2 Å². The second kappa shape index (κ2) is 10.4. The van der Waals surface area contributed by atoms with Crippen molar-refractivity contribution in [3.8, 4) is 5.75 Å². The van der Waals surface area contributed by atoms with Gasteiger partial charge in [-0.2, -0.15) is 0 Å². The summed E-state index contributed by atoms with van der Waals surface area (Å²) >= 11 is 17.0. The summed E-state index contributed by atoms with van der Waals surface area (Å²) in [6.45, 7) is 0.411. The van der Waals surface area contributed by atoms with Crippen molar-refractivity contribution in [3.63, 3.8) is 0 Å². The predicted molar refractivity (Wildman–Crippen MR) is 85.0 cm³/mol. The molecule has 0 fully saturated rings. The summed E-state index contributed by atoms with van der Waals surface area (Å²) in [5.41, 5.74) is 0. The number of nitrogens with one attached hydrogen (secondary N) is 2. The van der Waals surface area contributed by atoms with Gasteiger partial charge in [0, 0.05) is 18.1 Å². The van der Waals surface area contributed by atoms with Gasteiger partial charge in [-0.1, -0.05) is 23.2 Å². The van der Waals surface area contributed by atoms with Gasteiger partial charge >= 0.3 is 6.09 Å². The average Bonchev–Trinajstić information content (AvgIpc) is 2.48. The molecule has 0 radical (unpaired) electrons. The summed E-state index contributed by atoms with van der Waals surface area (Å²) in [7, 11) is 0. The number of hydrogen-bond donors (Lipinski definition) is 2. The summed E-state index contributed by atoms with van der Waals surface area (Å²) in [5.74, 6) is 0.250. The molecule has 0 unspecified atom stereocenters. The number of carbonyl (C=O) groups excluding carboxylic acids is 2. The molecule has 0 aliphatic heterocycles. The third kappa shape index (κ3) is 7.59. The summed E-state index contributed by atoms with van der Waals surface area (Å²) < 4.78 is 9.94. The molecule has 22 heavy (non-hydrogen) atoms. The molecule has 0 atom stereocenters. The van der Waals surface area contributed by atoms with Crippen LogP contribution in [-0.2, 0) is 9.53 Å². The van der Waals surface area contributed by atoms with Gasteiger partial charge in [0.1, 0.15) is 12.4 Å². The Bertz CT molecular complexity index is 514. The Labute approximate surface area is 143 Å². The van der Waals surface area contributed by atoms with Crippen LogP contribution in [0, 0.1) is 0 Å². The molecule has 0 bridgehead atoms. The van der Waals surface area contributed by atoms with Gasteiger partial charge in [0.25, 0.3) is 5.91 Å². The van der Waals surface area contributed by atoms with Crippen molar-refractivity contribution >= 4 is 46.8 Å². The molecule has 2 amide bonds. The molecule has 6 nitrogen and oxygen atoms in total. The van der Waals surface area contributed by atoms with Crippen molar-refractivity contribution in [2.24, 2.45) is 0 Å². The number of rotatable bonds is 8. The predicted octanol–water partition coefficient (Wildman–Crippen LogP) is 2.45. The molecular formula is C13H15Cl3N2O4. The lowest BCUT2D eigenvalue weighted by atomic mass is 10.3. The molecule has 122 valence electrons. The highest BCUT2D eigenvalue weighted by Crippen LogP contribution is 2.27. The Hall–Kier alpha value is -1.37. The van der Waals surface area contributed by atoms with Crippen molar-refractivity contribution in [2.75, 3.05) is 32.2 Å². The first-order valence-electron chi connectivity index (χ1n) is 6.34. The van der Waals surface area contributed by atoms with Gasteiger partial charge in [0.05, 0.1) is 10.9 Å². The molecule has 0 aliphatic rings. The van der Waals surface area contributed by atoms with Gasteiger partial charge < -0.3 is 20.1 Å². The van der Waals surface area contributed by atoms with Crippen LogP contribution < -0.4 is 15.4 Å². The summed E-state index contributed by atoms with van der Waals surface area (Å²) in [4.78, 5) is 22.6. The minimum atomic E-state index is -0.584. The van der Waals surface area contributed by atoms with Crippen LogP contribution in [0.2, 0.25) is 10.0 Å². The molecule has 9 heteroatoms. The topological polar surface area (TPSA) is 76.7 Å². The maximum atomic E-state index is 11.5. The number of ether oxygens (including phenoxy) is 2. The lowest BCUT2D eigenvalue weighted by molar-refractivity contribution is -0.123. The van der Waals surface area contributed by atoms with E-state index in [4.69, 9.17) is 39.5 Å². The Morgan fingerprint density at radius 1 is 1.14 bits per heavy atom.